The summed E-state index contributed by atoms with van der Waals surface area (Å²) >= 11 is 0. The van der Waals surface area contributed by atoms with Gasteiger partial charge in [-0.2, -0.15) is 0 Å². The molecule has 3 N–H and O–H groups in total. The molecule has 0 saturated carbocycles. The van der Waals surface area contributed by atoms with E-state index in [1.807, 2.05) is 31.2 Å². The van der Waals surface area contributed by atoms with Gasteiger partial charge in [0.1, 0.15) is 5.82 Å². The van der Waals surface area contributed by atoms with E-state index < -0.39 is 0 Å². The molecule has 0 aliphatic heterocycles. The maximum atomic E-state index is 12.1. The van der Waals surface area contributed by atoms with E-state index in [-0.39, 0.29) is 18.4 Å². The number of rotatable bonds is 5. The number of carbonyl (C=O) groups excluding carboxylic acids is 2. The Morgan fingerprint density at radius 2 is 1.88 bits per heavy atom. The molecular weight excluding hydrogens is 316 g/mol. The van der Waals surface area contributed by atoms with Crippen molar-refractivity contribution < 1.29 is 9.59 Å². The number of H-pyrrole nitrogens is 1. The number of aromatic nitrogens is 2. The molecule has 1 aromatic heterocycles. The number of benzene rings is 2. The molecule has 3 rings (SSSR count). The average Bonchev–Trinajstić information content (AvgIpc) is 3.07. The first-order chi connectivity index (χ1) is 12.1. The van der Waals surface area contributed by atoms with Crippen molar-refractivity contribution in [1.82, 2.24) is 15.3 Å². The van der Waals surface area contributed by atoms with Crippen LogP contribution in [-0.4, -0.2) is 28.3 Å². The lowest BCUT2D eigenvalue weighted by Crippen LogP contribution is -2.32. The van der Waals surface area contributed by atoms with E-state index >= 15 is 0 Å². The molecule has 6 nitrogen and oxygen atoms in total. The summed E-state index contributed by atoms with van der Waals surface area (Å²) in [5.41, 5.74) is 2.98. The Balaban J connectivity index is 1.59. The summed E-state index contributed by atoms with van der Waals surface area (Å²) in [7, 11) is 0. The number of aryl methyl sites for hydroxylation is 1. The van der Waals surface area contributed by atoms with Crippen molar-refractivity contribution in [3.63, 3.8) is 0 Å². The Kier molecular flexibility index (Phi) is 4.89. The first kappa shape index (κ1) is 16.4. The highest BCUT2D eigenvalue weighted by Gasteiger charge is 2.08. The quantitative estimate of drug-likeness (QED) is 0.670. The normalized spacial score (nSPS) is 10.3. The van der Waals surface area contributed by atoms with Gasteiger partial charge in [-0.1, -0.05) is 30.3 Å². The zero-order valence-electron chi connectivity index (χ0n) is 13.7. The minimum absolute atomic E-state index is 0.0961. The van der Waals surface area contributed by atoms with Crippen LogP contribution in [0.25, 0.3) is 11.3 Å². The van der Waals surface area contributed by atoms with Crippen LogP contribution in [0.1, 0.15) is 16.2 Å². The summed E-state index contributed by atoms with van der Waals surface area (Å²) in [6.07, 6.45) is 1.75. The monoisotopic (exact) mass is 334 g/mol. The second-order valence-electron chi connectivity index (χ2n) is 5.56. The van der Waals surface area contributed by atoms with Crippen molar-refractivity contribution in [2.75, 3.05) is 11.9 Å². The van der Waals surface area contributed by atoms with E-state index in [0.29, 0.717) is 11.3 Å². The molecule has 0 saturated heterocycles. The van der Waals surface area contributed by atoms with Gasteiger partial charge < -0.3 is 15.6 Å². The van der Waals surface area contributed by atoms with Crippen LogP contribution in [0.4, 0.5) is 5.69 Å². The van der Waals surface area contributed by atoms with Crippen molar-refractivity contribution in [2.45, 2.75) is 6.92 Å². The SMILES string of the molecule is Cc1ncc(-c2cccc(NC(=O)CNC(=O)c3ccccc3)c2)[nH]1. The van der Waals surface area contributed by atoms with Crippen LogP contribution in [0, 0.1) is 6.92 Å². The number of hydrogen-bond donors (Lipinski definition) is 3. The highest BCUT2D eigenvalue weighted by Crippen LogP contribution is 2.20. The highest BCUT2D eigenvalue weighted by molar-refractivity contribution is 5.99. The van der Waals surface area contributed by atoms with Gasteiger partial charge in [0.15, 0.2) is 0 Å². The molecule has 0 atom stereocenters. The third kappa shape index (κ3) is 4.32. The van der Waals surface area contributed by atoms with Crippen molar-refractivity contribution in [1.29, 1.82) is 0 Å². The zero-order chi connectivity index (χ0) is 17.6. The Morgan fingerprint density at radius 3 is 2.60 bits per heavy atom. The van der Waals surface area contributed by atoms with E-state index in [2.05, 4.69) is 20.6 Å². The topological polar surface area (TPSA) is 86.9 Å². The molecule has 0 unspecified atom stereocenters. The number of aromatic amines is 1. The Morgan fingerprint density at radius 1 is 1.08 bits per heavy atom. The molecule has 2 amide bonds. The standard InChI is InChI=1S/C19H18N4O2/c1-13-20-11-17(22-13)15-8-5-9-16(10-15)23-18(24)12-21-19(25)14-6-3-2-4-7-14/h2-11H,12H2,1H3,(H,20,22)(H,21,25)(H,23,24). The number of nitrogens with zero attached hydrogens (tertiary/aromatic N) is 1. The largest absolute Gasteiger partial charge is 0.343 e. The van der Waals surface area contributed by atoms with Gasteiger partial charge in [-0.05, 0) is 31.2 Å². The molecular formula is C19H18N4O2. The number of carbonyl (C=O) groups is 2. The highest BCUT2D eigenvalue weighted by atomic mass is 16.2. The van der Waals surface area contributed by atoms with Crippen molar-refractivity contribution in [2.24, 2.45) is 0 Å². The van der Waals surface area contributed by atoms with E-state index in [1.165, 1.54) is 0 Å². The van der Waals surface area contributed by atoms with E-state index in [9.17, 15) is 9.59 Å². The van der Waals surface area contributed by atoms with Crippen LogP contribution in [0.5, 0.6) is 0 Å². The Labute approximate surface area is 145 Å². The molecule has 6 heteroatoms. The van der Waals surface area contributed by atoms with Gasteiger partial charge in [0, 0.05) is 16.8 Å². The maximum Gasteiger partial charge on any atom is 0.251 e. The average molecular weight is 334 g/mol. The summed E-state index contributed by atoms with van der Waals surface area (Å²) in [5, 5.41) is 5.38. The summed E-state index contributed by atoms with van der Waals surface area (Å²) in [4.78, 5) is 31.3. The van der Waals surface area contributed by atoms with E-state index in [0.717, 1.165) is 17.1 Å². The summed E-state index contributed by atoms with van der Waals surface area (Å²) < 4.78 is 0. The molecule has 25 heavy (non-hydrogen) atoms. The minimum atomic E-state index is -0.290. The van der Waals surface area contributed by atoms with Crippen LogP contribution >= 0.6 is 0 Å². The summed E-state index contributed by atoms with van der Waals surface area (Å²) in [6.45, 7) is 1.78. The lowest BCUT2D eigenvalue weighted by molar-refractivity contribution is -0.115. The molecule has 126 valence electrons. The fourth-order valence-electron chi connectivity index (χ4n) is 2.39. The fraction of sp³-hybridized carbons (Fsp3) is 0.105. The van der Waals surface area contributed by atoms with Crippen LogP contribution in [0.15, 0.2) is 60.8 Å². The molecule has 3 aromatic rings. The Bertz CT molecular complexity index is 887. The number of nitrogens with one attached hydrogen (secondary N) is 3. The van der Waals surface area contributed by atoms with Crippen LogP contribution in [0.2, 0.25) is 0 Å². The van der Waals surface area contributed by atoms with Crippen molar-refractivity contribution in [3.8, 4) is 11.3 Å². The fourth-order valence-corrected chi connectivity index (χ4v) is 2.39. The third-order valence-corrected chi connectivity index (χ3v) is 3.61. The molecule has 2 aromatic carbocycles. The first-order valence-corrected chi connectivity index (χ1v) is 7.87. The number of amides is 2. The van der Waals surface area contributed by atoms with Crippen molar-refractivity contribution in [3.05, 3.63) is 72.2 Å². The molecule has 0 bridgehead atoms. The van der Waals surface area contributed by atoms with Gasteiger partial charge in [-0.25, -0.2) is 4.98 Å². The molecule has 0 aliphatic rings. The molecule has 0 radical (unpaired) electrons. The molecule has 0 aliphatic carbocycles. The second kappa shape index (κ2) is 7.44. The Hall–Kier alpha value is -3.41. The summed E-state index contributed by atoms with van der Waals surface area (Å²) in [5.74, 6) is 0.257. The van der Waals surface area contributed by atoms with Crippen molar-refractivity contribution >= 4 is 17.5 Å². The third-order valence-electron chi connectivity index (χ3n) is 3.61. The van der Waals surface area contributed by atoms with Crippen LogP contribution in [-0.2, 0) is 4.79 Å². The maximum absolute atomic E-state index is 12.1. The number of anilines is 1. The van der Waals surface area contributed by atoms with Crippen LogP contribution < -0.4 is 10.6 Å². The number of imidazole rings is 1. The lowest BCUT2D eigenvalue weighted by atomic mass is 10.1. The van der Waals surface area contributed by atoms with Gasteiger partial charge in [0.2, 0.25) is 5.91 Å². The molecule has 1 heterocycles. The minimum Gasteiger partial charge on any atom is -0.343 e. The van der Waals surface area contributed by atoms with E-state index in [4.69, 9.17) is 0 Å². The van der Waals surface area contributed by atoms with Gasteiger partial charge in [0.25, 0.3) is 5.91 Å². The van der Waals surface area contributed by atoms with Gasteiger partial charge >= 0.3 is 0 Å². The zero-order valence-corrected chi connectivity index (χ0v) is 13.7. The van der Waals surface area contributed by atoms with Gasteiger partial charge in [0.05, 0.1) is 18.4 Å². The van der Waals surface area contributed by atoms with Gasteiger partial charge in [-0.15, -0.1) is 0 Å². The predicted molar refractivity (Wildman–Crippen MR) is 96.2 cm³/mol. The first-order valence-electron chi connectivity index (χ1n) is 7.87. The summed E-state index contributed by atoms with van der Waals surface area (Å²) in [6, 6.07) is 16.2. The van der Waals surface area contributed by atoms with Gasteiger partial charge in [-0.3, -0.25) is 9.59 Å². The smallest absolute Gasteiger partial charge is 0.251 e. The predicted octanol–water partition coefficient (Wildman–Crippen LogP) is 2.75. The van der Waals surface area contributed by atoms with Crippen LogP contribution in [0.3, 0.4) is 0 Å². The number of hydrogen-bond acceptors (Lipinski definition) is 3. The lowest BCUT2D eigenvalue weighted by Gasteiger charge is -2.08. The second-order valence-corrected chi connectivity index (χ2v) is 5.56. The molecule has 0 spiro atoms. The molecule has 0 fully saturated rings. The van der Waals surface area contributed by atoms with E-state index in [1.54, 1.807) is 36.5 Å².